The molecule has 1 aliphatic rings. The van der Waals surface area contributed by atoms with Crippen LogP contribution in [0.15, 0.2) is 22.6 Å². The van der Waals surface area contributed by atoms with Crippen molar-refractivity contribution in [2.24, 2.45) is 5.10 Å². The lowest BCUT2D eigenvalue weighted by atomic mass is 10.2. The van der Waals surface area contributed by atoms with Gasteiger partial charge in [0.25, 0.3) is 0 Å². The summed E-state index contributed by atoms with van der Waals surface area (Å²) in [6.45, 7) is 2.25. The van der Waals surface area contributed by atoms with Gasteiger partial charge in [0.15, 0.2) is 0 Å². The van der Waals surface area contributed by atoms with Crippen LogP contribution in [0.5, 0.6) is 0 Å². The summed E-state index contributed by atoms with van der Waals surface area (Å²) in [5, 5.41) is 8.79. The fraction of sp³-hybridized carbons (Fsp3) is 0.545. The summed E-state index contributed by atoms with van der Waals surface area (Å²) in [7, 11) is 0. The van der Waals surface area contributed by atoms with Crippen molar-refractivity contribution < 1.29 is 0 Å². The first kappa shape index (κ1) is 9.71. The van der Waals surface area contributed by atoms with Crippen LogP contribution >= 0.6 is 11.3 Å². The standard InChI is InChI=1S/C11H16N2S/c1-2-4-8-13(7-3-1)12-10-11-6-5-9-14-11/h5-6,9-10H,1-4,7-8H2/b12-10-. The van der Waals surface area contributed by atoms with E-state index >= 15 is 0 Å². The topological polar surface area (TPSA) is 15.6 Å². The largest absolute Gasteiger partial charge is 0.297 e. The minimum absolute atomic E-state index is 1.13. The van der Waals surface area contributed by atoms with E-state index in [0.717, 1.165) is 13.1 Å². The fourth-order valence-electron chi connectivity index (χ4n) is 1.67. The summed E-state index contributed by atoms with van der Waals surface area (Å²) >= 11 is 1.74. The van der Waals surface area contributed by atoms with Gasteiger partial charge in [0.1, 0.15) is 0 Å². The summed E-state index contributed by atoms with van der Waals surface area (Å²) < 4.78 is 0. The van der Waals surface area contributed by atoms with E-state index in [4.69, 9.17) is 0 Å². The van der Waals surface area contributed by atoms with Crippen LogP contribution in [-0.2, 0) is 0 Å². The van der Waals surface area contributed by atoms with E-state index in [1.165, 1.54) is 30.6 Å². The number of hydrazone groups is 1. The normalized spacial score (nSPS) is 18.7. The number of hydrogen-bond donors (Lipinski definition) is 0. The third kappa shape index (κ3) is 2.84. The number of nitrogens with zero attached hydrogens (tertiary/aromatic N) is 2. The highest BCUT2D eigenvalue weighted by molar-refractivity contribution is 7.11. The number of rotatable bonds is 2. The summed E-state index contributed by atoms with van der Waals surface area (Å²) in [6, 6.07) is 4.17. The monoisotopic (exact) mass is 208 g/mol. The zero-order valence-corrected chi connectivity index (χ0v) is 9.17. The van der Waals surface area contributed by atoms with E-state index in [2.05, 4.69) is 27.6 Å². The molecule has 2 rings (SSSR count). The van der Waals surface area contributed by atoms with Gasteiger partial charge >= 0.3 is 0 Å². The second-order valence-electron chi connectivity index (χ2n) is 3.63. The fourth-order valence-corrected chi connectivity index (χ4v) is 2.25. The second kappa shape index (κ2) is 5.15. The Labute approximate surface area is 89.2 Å². The predicted octanol–water partition coefficient (Wildman–Crippen LogP) is 2.96. The first-order valence-corrected chi connectivity index (χ1v) is 6.15. The molecule has 1 aromatic rings. The molecule has 0 spiro atoms. The van der Waals surface area contributed by atoms with Crippen LogP contribution in [0.2, 0.25) is 0 Å². The lowest BCUT2D eigenvalue weighted by Crippen LogP contribution is -2.18. The average Bonchev–Trinajstić information content (AvgIpc) is 2.58. The quantitative estimate of drug-likeness (QED) is 0.682. The van der Waals surface area contributed by atoms with Crippen LogP contribution in [-0.4, -0.2) is 24.3 Å². The van der Waals surface area contributed by atoms with Gasteiger partial charge in [0.05, 0.1) is 6.21 Å². The van der Waals surface area contributed by atoms with Crippen molar-refractivity contribution in [2.45, 2.75) is 25.7 Å². The van der Waals surface area contributed by atoms with Crippen LogP contribution in [0.1, 0.15) is 30.6 Å². The maximum Gasteiger partial charge on any atom is 0.0642 e. The molecule has 2 heterocycles. The minimum Gasteiger partial charge on any atom is -0.297 e. The summed E-state index contributed by atoms with van der Waals surface area (Å²) in [6.07, 6.45) is 7.30. The van der Waals surface area contributed by atoms with Crippen molar-refractivity contribution >= 4 is 17.6 Å². The maximum atomic E-state index is 4.50. The van der Waals surface area contributed by atoms with Gasteiger partial charge in [-0.25, -0.2) is 0 Å². The molecule has 2 nitrogen and oxygen atoms in total. The Balaban J connectivity index is 1.89. The molecule has 0 aromatic carbocycles. The van der Waals surface area contributed by atoms with Crippen molar-refractivity contribution in [3.8, 4) is 0 Å². The average molecular weight is 208 g/mol. The molecule has 76 valence electrons. The SMILES string of the molecule is C(=N/N1CCCCCC1)/c1cccs1. The molecule has 0 atom stereocenters. The van der Waals surface area contributed by atoms with Gasteiger partial charge in [-0.05, 0) is 24.3 Å². The highest BCUT2D eigenvalue weighted by Gasteiger charge is 2.04. The van der Waals surface area contributed by atoms with Gasteiger partial charge in [0.2, 0.25) is 0 Å². The molecule has 3 heteroatoms. The van der Waals surface area contributed by atoms with E-state index in [-0.39, 0.29) is 0 Å². The van der Waals surface area contributed by atoms with E-state index < -0.39 is 0 Å². The zero-order valence-electron chi connectivity index (χ0n) is 8.35. The van der Waals surface area contributed by atoms with Crippen molar-refractivity contribution in [1.29, 1.82) is 0 Å². The van der Waals surface area contributed by atoms with Gasteiger partial charge in [-0.15, -0.1) is 11.3 Å². The van der Waals surface area contributed by atoms with Crippen molar-refractivity contribution in [1.82, 2.24) is 5.01 Å². The van der Waals surface area contributed by atoms with Crippen LogP contribution < -0.4 is 0 Å². The summed E-state index contributed by atoms with van der Waals surface area (Å²) in [5.74, 6) is 0. The Morgan fingerprint density at radius 2 is 2.00 bits per heavy atom. The van der Waals surface area contributed by atoms with Gasteiger partial charge in [-0.2, -0.15) is 5.10 Å². The first-order valence-electron chi connectivity index (χ1n) is 5.27. The summed E-state index contributed by atoms with van der Waals surface area (Å²) in [4.78, 5) is 1.24. The molecule has 1 saturated heterocycles. The van der Waals surface area contributed by atoms with Crippen molar-refractivity contribution in [2.75, 3.05) is 13.1 Å². The molecule has 0 saturated carbocycles. The molecular formula is C11H16N2S. The van der Waals surface area contributed by atoms with E-state index in [1.54, 1.807) is 11.3 Å². The molecule has 0 N–H and O–H groups in total. The number of thiophene rings is 1. The summed E-state index contributed by atoms with van der Waals surface area (Å²) in [5.41, 5.74) is 0. The molecule has 1 fully saturated rings. The Bertz CT molecular complexity index is 271. The number of hydrogen-bond acceptors (Lipinski definition) is 3. The Hall–Kier alpha value is -0.830. The van der Waals surface area contributed by atoms with Crippen LogP contribution in [0.25, 0.3) is 0 Å². The first-order chi connectivity index (χ1) is 6.95. The van der Waals surface area contributed by atoms with Crippen molar-refractivity contribution in [3.63, 3.8) is 0 Å². The third-order valence-corrected chi connectivity index (χ3v) is 3.28. The van der Waals surface area contributed by atoms with E-state index in [0.29, 0.717) is 0 Å². The van der Waals surface area contributed by atoms with Gasteiger partial charge < -0.3 is 0 Å². The van der Waals surface area contributed by atoms with Crippen molar-refractivity contribution in [3.05, 3.63) is 22.4 Å². The molecule has 0 unspecified atom stereocenters. The Morgan fingerprint density at radius 1 is 1.21 bits per heavy atom. The Morgan fingerprint density at radius 3 is 2.64 bits per heavy atom. The Kier molecular flexibility index (Phi) is 3.57. The smallest absolute Gasteiger partial charge is 0.0642 e. The molecule has 0 radical (unpaired) electrons. The second-order valence-corrected chi connectivity index (χ2v) is 4.61. The molecule has 0 bridgehead atoms. The lowest BCUT2D eigenvalue weighted by Gasteiger charge is -2.14. The van der Waals surface area contributed by atoms with Gasteiger partial charge in [0, 0.05) is 18.0 Å². The molecule has 0 amide bonds. The van der Waals surface area contributed by atoms with Gasteiger partial charge in [-0.1, -0.05) is 18.9 Å². The van der Waals surface area contributed by atoms with Crippen LogP contribution in [0, 0.1) is 0 Å². The molecule has 0 aliphatic carbocycles. The van der Waals surface area contributed by atoms with E-state index in [1.807, 2.05) is 6.21 Å². The third-order valence-electron chi connectivity index (χ3n) is 2.47. The molecule has 1 aliphatic heterocycles. The predicted molar refractivity (Wildman–Crippen MR) is 62.0 cm³/mol. The minimum atomic E-state index is 1.13. The van der Waals surface area contributed by atoms with E-state index in [9.17, 15) is 0 Å². The van der Waals surface area contributed by atoms with Crippen LogP contribution in [0.3, 0.4) is 0 Å². The molecule has 1 aromatic heterocycles. The molecule has 14 heavy (non-hydrogen) atoms. The zero-order chi connectivity index (χ0) is 9.64. The molecular weight excluding hydrogens is 192 g/mol. The highest BCUT2D eigenvalue weighted by Crippen LogP contribution is 2.10. The van der Waals surface area contributed by atoms with Crippen LogP contribution in [0.4, 0.5) is 0 Å². The highest BCUT2D eigenvalue weighted by atomic mass is 32.1. The maximum absolute atomic E-state index is 4.50. The lowest BCUT2D eigenvalue weighted by molar-refractivity contribution is 0.302. The van der Waals surface area contributed by atoms with Gasteiger partial charge in [-0.3, -0.25) is 5.01 Å².